The summed E-state index contributed by atoms with van der Waals surface area (Å²) in [6.45, 7) is 2.43. The number of carbonyl (C=O) groups is 2. The average Bonchev–Trinajstić information content (AvgIpc) is 2.88. The molecular weight excluding hydrogens is 462 g/mol. The fourth-order valence-electron chi connectivity index (χ4n) is 5.20. The normalized spacial score (nSPS) is 11.2. The van der Waals surface area contributed by atoms with Gasteiger partial charge in [-0.2, -0.15) is 0 Å². The van der Waals surface area contributed by atoms with Crippen molar-refractivity contribution in [1.29, 1.82) is 0 Å². The SMILES string of the molecule is CCCCCCCCCCCCc1ccc2c(C(N)=O)c(O)c(-c3ccccc3CN)c(C(N)=O)c2c1. The van der Waals surface area contributed by atoms with Crippen molar-refractivity contribution in [3.8, 4) is 16.9 Å². The zero-order valence-electron chi connectivity index (χ0n) is 22.0. The van der Waals surface area contributed by atoms with E-state index < -0.39 is 11.8 Å². The molecule has 0 fully saturated rings. The molecule has 6 nitrogen and oxygen atoms in total. The average molecular weight is 504 g/mol. The van der Waals surface area contributed by atoms with Crippen molar-refractivity contribution in [3.63, 3.8) is 0 Å². The maximum Gasteiger partial charge on any atom is 0.253 e. The molecule has 0 aromatic heterocycles. The Bertz CT molecular complexity index is 1240. The highest BCUT2D eigenvalue weighted by Crippen LogP contribution is 2.43. The fourth-order valence-corrected chi connectivity index (χ4v) is 5.20. The Morgan fingerprint density at radius 3 is 1.95 bits per heavy atom. The summed E-state index contributed by atoms with van der Waals surface area (Å²) in [5.41, 5.74) is 20.2. The monoisotopic (exact) mass is 503 g/mol. The van der Waals surface area contributed by atoms with Gasteiger partial charge in [-0.25, -0.2) is 0 Å². The first-order valence-corrected chi connectivity index (χ1v) is 13.6. The van der Waals surface area contributed by atoms with E-state index in [1.54, 1.807) is 18.2 Å². The fraction of sp³-hybridized carbons (Fsp3) is 0.419. The van der Waals surface area contributed by atoms with E-state index >= 15 is 0 Å². The molecule has 7 N–H and O–H groups in total. The number of hydrogen-bond donors (Lipinski definition) is 4. The lowest BCUT2D eigenvalue weighted by Gasteiger charge is -2.19. The number of primary amides is 2. The van der Waals surface area contributed by atoms with E-state index in [0.29, 0.717) is 16.3 Å². The first-order valence-electron chi connectivity index (χ1n) is 13.6. The topological polar surface area (TPSA) is 132 Å². The molecule has 0 saturated heterocycles. The van der Waals surface area contributed by atoms with E-state index in [-0.39, 0.29) is 29.0 Å². The minimum atomic E-state index is -0.771. The zero-order chi connectivity index (χ0) is 26.8. The number of rotatable bonds is 15. The molecule has 0 saturated carbocycles. The van der Waals surface area contributed by atoms with Gasteiger partial charge in [-0.1, -0.05) is 107 Å². The van der Waals surface area contributed by atoms with Crippen LogP contribution in [0, 0.1) is 0 Å². The summed E-state index contributed by atoms with van der Waals surface area (Å²) in [6, 6.07) is 12.8. The van der Waals surface area contributed by atoms with Crippen molar-refractivity contribution >= 4 is 22.6 Å². The molecule has 0 heterocycles. The molecule has 0 atom stereocenters. The van der Waals surface area contributed by atoms with Gasteiger partial charge in [0.15, 0.2) is 0 Å². The van der Waals surface area contributed by atoms with Gasteiger partial charge in [0, 0.05) is 12.1 Å². The van der Waals surface area contributed by atoms with E-state index in [2.05, 4.69) is 6.92 Å². The Labute approximate surface area is 220 Å². The minimum absolute atomic E-state index is 0.0210. The second kappa shape index (κ2) is 13.8. The number of amides is 2. The van der Waals surface area contributed by atoms with Gasteiger partial charge in [-0.3, -0.25) is 9.59 Å². The second-order valence-corrected chi connectivity index (χ2v) is 9.88. The number of nitrogens with two attached hydrogens (primary N) is 3. The number of hydrogen-bond acceptors (Lipinski definition) is 4. The van der Waals surface area contributed by atoms with E-state index in [4.69, 9.17) is 17.2 Å². The van der Waals surface area contributed by atoms with E-state index in [1.807, 2.05) is 24.3 Å². The standard InChI is InChI=1S/C31H41N3O3/c1-2-3-4-5-6-7-8-9-10-11-14-21-17-18-24-25(19-21)27(30(33)36)26(29(35)28(24)31(34)37)23-16-13-12-15-22(23)20-32/h12-13,15-19,35H,2-11,14,20,32H2,1H3,(H2,33,36)(H2,34,37). The summed E-state index contributed by atoms with van der Waals surface area (Å²) in [4.78, 5) is 25.2. The van der Waals surface area contributed by atoms with Crippen molar-refractivity contribution in [2.45, 2.75) is 84.1 Å². The molecule has 6 heteroatoms. The summed E-state index contributed by atoms with van der Waals surface area (Å²) in [7, 11) is 0. The Balaban J connectivity index is 1.88. The van der Waals surface area contributed by atoms with Crippen LogP contribution in [0.1, 0.15) is 103 Å². The molecular formula is C31H41N3O3. The van der Waals surface area contributed by atoms with Gasteiger partial charge in [-0.15, -0.1) is 0 Å². The van der Waals surface area contributed by atoms with Gasteiger partial charge in [0.1, 0.15) is 5.75 Å². The van der Waals surface area contributed by atoms with Crippen molar-refractivity contribution in [1.82, 2.24) is 0 Å². The summed E-state index contributed by atoms with van der Waals surface area (Å²) in [5.74, 6) is -1.81. The zero-order valence-corrected chi connectivity index (χ0v) is 22.0. The van der Waals surface area contributed by atoms with Crippen LogP contribution in [0.5, 0.6) is 5.75 Å². The molecule has 0 spiro atoms. The number of unbranched alkanes of at least 4 members (excludes halogenated alkanes) is 9. The summed E-state index contributed by atoms with van der Waals surface area (Å²) in [5, 5.41) is 12.1. The van der Waals surface area contributed by atoms with E-state index in [1.165, 1.54) is 51.4 Å². The first-order chi connectivity index (χ1) is 17.9. The quantitative estimate of drug-likeness (QED) is 0.180. The highest BCUT2D eigenvalue weighted by molar-refractivity contribution is 6.20. The largest absolute Gasteiger partial charge is 0.506 e. The van der Waals surface area contributed by atoms with Crippen LogP contribution in [0.2, 0.25) is 0 Å². The molecule has 0 radical (unpaired) electrons. The number of carbonyl (C=O) groups excluding carboxylic acids is 2. The third-order valence-electron chi connectivity index (χ3n) is 7.16. The van der Waals surface area contributed by atoms with E-state index in [9.17, 15) is 14.7 Å². The first kappa shape index (κ1) is 28.2. The van der Waals surface area contributed by atoms with Crippen LogP contribution >= 0.6 is 0 Å². The summed E-state index contributed by atoms with van der Waals surface area (Å²) in [6.07, 6.45) is 13.5. The van der Waals surface area contributed by atoms with Gasteiger partial charge in [0.25, 0.3) is 5.91 Å². The molecule has 37 heavy (non-hydrogen) atoms. The van der Waals surface area contributed by atoms with Crippen molar-refractivity contribution in [3.05, 3.63) is 64.7 Å². The molecule has 0 aliphatic rings. The molecule has 0 unspecified atom stereocenters. The Hall–Kier alpha value is -3.38. The van der Waals surface area contributed by atoms with Crippen molar-refractivity contribution in [2.75, 3.05) is 0 Å². The van der Waals surface area contributed by atoms with E-state index in [0.717, 1.165) is 30.4 Å². The lowest BCUT2D eigenvalue weighted by molar-refractivity contribution is 0.0988. The molecule has 0 bridgehead atoms. The third-order valence-corrected chi connectivity index (χ3v) is 7.16. The van der Waals surface area contributed by atoms with Crippen LogP contribution in [-0.2, 0) is 13.0 Å². The van der Waals surface area contributed by atoms with Crippen molar-refractivity contribution < 1.29 is 14.7 Å². The maximum atomic E-state index is 12.8. The number of aromatic hydroxyl groups is 1. The molecule has 3 aromatic rings. The highest BCUT2D eigenvalue weighted by Gasteiger charge is 2.26. The highest BCUT2D eigenvalue weighted by atomic mass is 16.3. The van der Waals surface area contributed by atoms with Crippen LogP contribution in [0.3, 0.4) is 0 Å². The predicted molar refractivity (Wildman–Crippen MR) is 152 cm³/mol. The maximum absolute atomic E-state index is 12.8. The van der Waals surface area contributed by atoms with Crippen LogP contribution in [-0.4, -0.2) is 16.9 Å². The second-order valence-electron chi connectivity index (χ2n) is 9.88. The Morgan fingerprint density at radius 2 is 1.35 bits per heavy atom. The smallest absolute Gasteiger partial charge is 0.253 e. The summed E-state index contributed by atoms with van der Waals surface area (Å²) < 4.78 is 0. The van der Waals surface area contributed by atoms with Gasteiger partial charge in [0.05, 0.1) is 11.1 Å². The van der Waals surface area contributed by atoms with Crippen LogP contribution in [0.15, 0.2) is 42.5 Å². The molecule has 2 amide bonds. The minimum Gasteiger partial charge on any atom is -0.506 e. The Kier molecular flexibility index (Phi) is 10.5. The molecule has 3 aromatic carbocycles. The van der Waals surface area contributed by atoms with Crippen LogP contribution in [0.25, 0.3) is 21.9 Å². The van der Waals surface area contributed by atoms with Gasteiger partial charge in [-0.05, 0) is 40.3 Å². The lowest BCUT2D eigenvalue weighted by Crippen LogP contribution is -2.18. The number of aryl methyl sites for hydroxylation is 1. The van der Waals surface area contributed by atoms with Crippen LogP contribution < -0.4 is 17.2 Å². The van der Waals surface area contributed by atoms with Gasteiger partial charge < -0.3 is 22.3 Å². The molecule has 0 aliphatic carbocycles. The number of phenols is 1. The number of fused-ring (bicyclic) bond motifs is 1. The molecule has 0 aliphatic heterocycles. The van der Waals surface area contributed by atoms with Crippen molar-refractivity contribution in [2.24, 2.45) is 17.2 Å². The van der Waals surface area contributed by atoms with Gasteiger partial charge >= 0.3 is 0 Å². The van der Waals surface area contributed by atoms with Crippen LogP contribution in [0.4, 0.5) is 0 Å². The third kappa shape index (κ3) is 6.89. The summed E-state index contributed by atoms with van der Waals surface area (Å²) >= 11 is 0. The Morgan fingerprint density at radius 1 is 0.757 bits per heavy atom. The number of benzene rings is 3. The molecule has 3 rings (SSSR count). The van der Waals surface area contributed by atoms with Gasteiger partial charge in [0.2, 0.25) is 5.91 Å². The lowest BCUT2D eigenvalue weighted by atomic mass is 9.86. The molecule has 198 valence electrons. The predicted octanol–water partition coefficient (Wildman–Crippen LogP) is 6.33.